The molecule has 1 heterocycles. The van der Waals surface area contributed by atoms with E-state index in [1.807, 2.05) is 47.9 Å². The van der Waals surface area contributed by atoms with Crippen LogP contribution in [-0.2, 0) is 4.79 Å². The van der Waals surface area contributed by atoms with Gasteiger partial charge in [0.1, 0.15) is 11.5 Å². The van der Waals surface area contributed by atoms with Crippen molar-refractivity contribution < 1.29 is 23.7 Å². The molecule has 0 N–H and O–H groups in total. The first-order valence-corrected chi connectivity index (χ1v) is 12.7. The number of carbonyl (C=O) groups excluding carboxylic acids is 1. The minimum atomic E-state index is -0.129. The second-order valence-corrected chi connectivity index (χ2v) is 9.32. The lowest BCUT2D eigenvalue weighted by molar-refractivity contribution is -0.118. The maximum absolute atomic E-state index is 12.8. The van der Waals surface area contributed by atoms with Crippen LogP contribution in [0.2, 0.25) is 0 Å². The Balaban J connectivity index is 1.82. The summed E-state index contributed by atoms with van der Waals surface area (Å²) < 4.78 is 24.2. The summed E-state index contributed by atoms with van der Waals surface area (Å²) in [6.07, 6.45) is 4.55. The molecule has 0 spiro atoms. The van der Waals surface area contributed by atoms with Gasteiger partial charge in [-0.05, 0) is 56.2 Å². The van der Waals surface area contributed by atoms with Gasteiger partial charge in [0.25, 0.3) is 0 Å². The molecule has 1 atom stereocenters. The summed E-state index contributed by atoms with van der Waals surface area (Å²) in [6, 6.07) is 11.5. The lowest BCUT2D eigenvalue weighted by Gasteiger charge is -2.16. The van der Waals surface area contributed by atoms with Gasteiger partial charge in [0.05, 0.1) is 33.2 Å². The third kappa shape index (κ3) is 5.40. The fraction of sp³-hybridized carbons (Fsp3) is 0.423. The van der Waals surface area contributed by atoms with E-state index in [9.17, 15) is 4.79 Å². The number of ether oxygens (including phenoxy) is 4. The quantitative estimate of drug-likeness (QED) is 0.366. The van der Waals surface area contributed by atoms with E-state index in [-0.39, 0.29) is 11.0 Å². The van der Waals surface area contributed by atoms with Crippen molar-refractivity contribution in [1.82, 2.24) is 14.8 Å². The van der Waals surface area contributed by atoms with Crippen LogP contribution in [0, 0.1) is 0 Å². The molecular formula is C26H31N3O5S. The number of thioether (sulfide) groups is 1. The first-order chi connectivity index (χ1) is 17.1. The number of rotatable bonds is 9. The number of hydrogen-bond donors (Lipinski definition) is 0. The molecule has 1 aliphatic rings. The number of hydrogen-bond acceptors (Lipinski definition) is 8. The Morgan fingerprint density at radius 1 is 0.971 bits per heavy atom. The zero-order chi connectivity index (χ0) is 24.8. The smallest absolute Gasteiger partial charge is 0.203 e. The van der Waals surface area contributed by atoms with E-state index in [1.165, 1.54) is 11.8 Å². The maximum atomic E-state index is 12.8. The van der Waals surface area contributed by atoms with Gasteiger partial charge in [-0.3, -0.25) is 9.36 Å². The maximum Gasteiger partial charge on any atom is 0.203 e. The van der Waals surface area contributed by atoms with E-state index in [0.29, 0.717) is 41.3 Å². The van der Waals surface area contributed by atoms with Gasteiger partial charge in [-0.1, -0.05) is 24.6 Å². The lowest BCUT2D eigenvalue weighted by Crippen LogP contribution is -2.16. The standard InChI is InChI=1S/C26H31N3O5S/c1-5-34-19-13-11-18(12-14-19)29-25(17-15-21(31-2)24(33-4)22(16-17)32-3)27-28-26(29)35-23-10-8-6-7-9-20(23)30/h11-16,23H,5-10H2,1-4H3/t23-/m1/s1. The SMILES string of the molecule is CCOc1ccc(-n2c(S[C@@H]3CCCCCC3=O)nnc2-c2cc(OC)c(OC)c(OC)c2)cc1. The van der Waals surface area contributed by atoms with Crippen molar-refractivity contribution in [3.05, 3.63) is 36.4 Å². The van der Waals surface area contributed by atoms with Crippen molar-refractivity contribution in [2.75, 3.05) is 27.9 Å². The summed E-state index contributed by atoms with van der Waals surface area (Å²) in [5, 5.41) is 9.60. The number of methoxy groups -OCH3 is 3. The van der Waals surface area contributed by atoms with Crippen molar-refractivity contribution >= 4 is 17.5 Å². The molecule has 186 valence electrons. The predicted octanol–water partition coefficient (Wildman–Crippen LogP) is 5.35. The van der Waals surface area contributed by atoms with Crippen molar-refractivity contribution in [2.45, 2.75) is 49.4 Å². The first-order valence-electron chi connectivity index (χ1n) is 11.8. The Morgan fingerprint density at radius 2 is 1.69 bits per heavy atom. The van der Waals surface area contributed by atoms with Crippen LogP contribution in [0.4, 0.5) is 0 Å². The Bertz CT molecular complexity index is 1140. The van der Waals surface area contributed by atoms with Crippen LogP contribution in [0.1, 0.15) is 39.0 Å². The largest absolute Gasteiger partial charge is 0.494 e. The van der Waals surface area contributed by atoms with Crippen molar-refractivity contribution in [2.24, 2.45) is 0 Å². The average molecular weight is 498 g/mol. The van der Waals surface area contributed by atoms with Crippen LogP contribution in [0.15, 0.2) is 41.6 Å². The number of Topliss-reactive ketones (excluding diaryl/α,β-unsaturated/α-hetero) is 1. The molecule has 1 aliphatic carbocycles. The van der Waals surface area contributed by atoms with Crippen LogP contribution in [0.3, 0.4) is 0 Å². The van der Waals surface area contributed by atoms with Crippen LogP contribution < -0.4 is 18.9 Å². The highest BCUT2D eigenvalue weighted by Gasteiger charge is 2.27. The van der Waals surface area contributed by atoms with E-state index < -0.39 is 0 Å². The van der Waals surface area contributed by atoms with E-state index >= 15 is 0 Å². The third-order valence-electron chi connectivity index (χ3n) is 5.96. The monoisotopic (exact) mass is 497 g/mol. The van der Waals surface area contributed by atoms with Crippen molar-refractivity contribution in [3.63, 3.8) is 0 Å². The summed E-state index contributed by atoms with van der Waals surface area (Å²) in [4.78, 5) is 12.8. The van der Waals surface area contributed by atoms with Gasteiger partial charge in [0.2, 0.25) is 5.75 Å². The second-order valence-electron chi connectivity index (χ2n) is 8.15. The Morgan fingerprint density at radius 3 is 2.31 bits per heavy atom. The average Bonchev–Trinajstić information content (AvgIpc) is 3.19. The highest BCUT2D eigenvalue weighted by molar-refractivity contribution is 8.00. The number of ketones is 1. The molecule has 0 saturated heterocycles. The van der Waals surface area contributed by atoms with Crippen molar-refractivity contribution in [3.8, 4) is 40.1 Å². The highest BCUT2D eigenvalue weighted by atomic mass is 32.2. The molecule has 9 heteroatoms. The molecule has 0 radical (unpaired) electrons. The Labute approximate surface area is 209 Å². The summed E-state index contributed by atoms with van der Waals surface area (Å²) in [5.74, 6) is 3.23. The van der Waals surface area contributed by atoms with Gasteiger partial charge in [-0.15, -0.1) is 10.2 Å². The molecule has 1 saturated carbocycles. The molecule has 0 aliphatic heterocycles. The third-order valence-corrected chi connectivity index (χ3v) is 7.22. The van der Waals surface area contributed by atoms with Gasteiger partial charge in [-0.25, -0.2) is 0 Å². The zero-order valence-corrected chi connectivity index (χ0v) is 21.4. The molecule has 0 amide bonds. The van der Waals surface area contributed by atoms with Crippen LogP contribution in [0.25, 0.3) is 17.1 Å². The summed E-state index contributed by atoms with van der Waals surface area (Å²) in [5.41, 5.74) is 1.62. The minimum Gasteiger partial charge on any atom is -0.494 e. The molecular weight excluding hydrogens is 466 g/mol. The van der Waals surface area contributed by atoms with Crippen molar-refractivity contribution in [1.29, 1.82) is 0 Å². The van der Waals surface area contributed by atoms with Crippen LogP contribution >= 0.6 is 11.8 Å². The fourth-order valence-electron chi connectivity index (χ4n) is 4.21. The molecule has 1 aromatic heterocycles. The highest BCUT2D eigenvalue weighted by Crippen LogP contribution is 2.42. The fourth-order valence-corrected chi connectivity index (χ4v) is 5.39. The van der Waals surface area contributed by atoms with E-state index in [0.717, 1.165) is 42.7 Å². The summed E-state index contributed by atoms with van der Waals surface area (Å²) >= 11 is 1.49. The molecule has 1 fully saturated rings. The number of aromatic nitrogens is 3. The molecule has 0 unspecified atom stereocenters. The van der Waals surface area contributed by atoms with E-state index in [4.69, 9.17) is 18.9 Å². The molecule has 2 aromatic carbocycles. The number of benzene rings is 2. The minimum absolute atomic E-state index is 0.129. The van der Waals surface area contributed by atoms with Crippen LogP contribution in [-0.4, -0.2) is 53.7 Å². The predicted molar refractivity (Wildman–Crippen MR) is 135 cm³/mol. The van der Waals surface area contributed by atoms with Gasteiger partial charge in [0, 0.05) is 17.7 Å². The molecule has 4 rings (SSSR count). The Hall–Kier alpha value is -3.20. The summed E-state index contributed by atoms with van der Waals surface area (Å²) in [6.45, 7) is 2.54. The molecule has 35 heavy (non-hydrogen) atoms. The van der Waals surface area contributed by atoms with Crippen LogP contribution in [0.5, 0.6) is 23.0 Å². The van der Waals surface area contributed by atoms with Gasteiger partial charge < -0.3 is 18.9 Å². The first kappa shape index (κ1) is 24.9. The molecule has 3 aromatic rings. The van der Waals surface area contributed by atoms with Gasteiger partial charge in [-0.2, -0.15) is 0 Å². The zero-order valence-electron chi connectivity index (χ0n) is 20.6. The normalized spacial score (nSPS) is 16.0. The van der Waals surface area contributed by atoms with Gasteiger partial charge >= 0.3 is 0 Å². The van der Waals surface area contributed by atoms with Gasteiger partial charge in [0.15, 0.2) is 22.5 Å². The topological polar surface area (TPSA) is 84.7 Å². The number of carbonyl (C=O) groups is 1. The summed E-state index contributed by atoms with van der Waals surface area (Å²) in [7, 11) is 4.73. The molecule has 0 bridgehead atoms. The van der Waals surface area contributed by atoms with E-state index in [2.05, 4.69) is 10.2 Å². The van der Waals surface area contributed by atoms with E-state index in [1.54, 1.807) is 21.3 Å². The second kappa shape index (κ2) is 11.5. The number of nitrogens with zero attached hydrogens (tertiary/aromatic N) is 3. The lowest BCUT2D eigenvalue weighted by atomic mass is 10.1. The Kier molecular flexibility index (Phi) is 8.17. The molecule has 8 nitrogen and oxygen atoms in total.